The van der Waals surface area contributed by atoms with E-state index >= 15 is 0 Å². The van der Waals surface area contributed by atoms with Crippen molar-refractivity contribution >= 4 is 38.5 Å². The van der Waals surface area contributed by atoms with E-state index in [4.69, 9.17) is 0 Å². The molecule has 0 aliphatic carbocycles. The Hall–Kier alpha value is -2.92. The summed E-state index contributed by atoms with van der Waals surface area (Å²) < 4.78 is 37.9. The molecule has 0 saturated heterocycles. The van der Waals surface area contributed by atoms with Gasteiger partial charge in [0.1, 0.15) is 22.3 Å². The molecule has 4 rings (SSSR count). The summed E-state index contributed by atoms with van der Waals surface area (Å²) in [7, 11) is -3.82. The van der Waals surface area contributed by atoms with E-state index in [0.29, 0.717) is 28.0 Å². The number of sulfonamides is 1. The quantitative estimate of drug-likeness (QED) is 0.579. The van der Waals surface area contributed by atoms with Crippen LogP contribution in [0.2, 0.25) is 0 Å². The van der Waals surface area contributed by atoms with Crippen molar-refractivity contribution in [2.24, 2.45) is 0 Å². The number of fused-ring (bicyclic) bond motifs is 1. The first-order chi connectivity index (χ1) is 12.1. The van der Waals surface area contributed by atoms with Crippen LogP contribution in [0.15, 0.2) is 47.6 Å². The molecule has 0 unspecified atom stereocenters. The van der Waals surface area contributed by atoms with Gasteiger partial charge in [0.05, 0.1) is 23.1 Å². The van der Waals surface area contributed by atoms with Gasteiger partial charge in [0, 0.05) is 0 Å². The van der Waals surface area contributed by atoms with Crippen LogP contribution < -0.4 is 4.72 Å². The molecule has 2 aromatic heterocycles. The highest BCUT2D eigenvalue weighted by Crippen LogP contribution is 2.27. The smallest absolute Gasteiger partial charge is 0.264 e. The van der Waals surface area contributed by atoms with Crippen LogP contribution in [0.4, 0.5) is 5.69 Å². The van der Waals surface area contributed by atoms with Gasteiger partial charge in [0.15, 0.2) is 0 Å². The maximum Gasteiger partial charge on any atom is 0.264 e. The van der Waals surface area contributed by atoms with Gasteiger partial charge in [-0.25, -0.2) is 13.1 Å². The Kier molecular flexibility index (Phi) is 3.66. The van der Waals surface area contributed by atoms with Gasteiger partial charge in [0.25, 0.3) is 10.0 Å². The molecule has 0 bridgehead atoms. The summed E-state index contributed by atoms with van der Waals surface area (Å²) in [4.78, 5) is 0.0889. The standard InChI is InChI=1S/C14H11N7O2S2/c1-9-10(4-2-6-12(9)21-8-15-19-20-21)18-25(22,23)13-7-3-5-11-14(13)17-24-16-11/h2-8,18H,1H3. The molecule has 0 aliphatic rings. The number of hydrogen-bond donors (Lipinski definition) is 1. The van der Waals surface area contributed by atoms with Crippen LogP contribution in [0, 0.1) is 6.92 Å². The normalized spacial score (nSPS) is 11.7. The average Bonchev–Trinajstić information content (AvgIpc) is 3.27. The van der Waals surface area contributed by atoms with Crippen molar-refractivity contribution in [1.29, 1.82) is 0 Å². The van der Waals surface area contributed by atoms with Crippen molar-refractivity contribution in [2.45, 2.75) is 11.8 Å². The highest BCUT2D eigenvalue weighted by Gasteiger charge is 2.21. The van der Waals surface area contributed by atoms with E-state index in [2.05, 4.69) is 29.0 Å². The molecule has 0 fully saturated rings. The summed E-state index contributed by atoms with van der Waals surface area (Å²) >= 11 is 0.976. The van der Waals surface area contributed by atoms with Crippen molar-refractivity contribution < 1.29 is 8.42 Å². The van der Waals surface area contributed by atoms with Gasteiger partial charge < -0.3 is 0 Å². The van der Waals surface area contributed by atoms with Gasteiger partial charge in [-0.3, -0.25) is 4.72 Å². The van der Waals surface area contributed by atoms with Crippen LogP contribution in [-0.4, -0.2) is 37.4 Å². The van der Waals surface area contributed by atoms with E-state index in [-0.39, 0.29) is 4.90 Å². The zero-order chi connectivity index (χ0) is 17.4. The van der Waals surface area contributed by atoms with Crippen molar-refractivity contribution in [3.8, 4) is 5.69 Å². The summed E-state index contributed by atoms with van der Waals surface area (Å²) in [5.74, 6) is 0. The Bertz CT molecular complexity index is 1150. The molecule has 9 nitrogen and oxygen atoms in total. The molecule has 11 heteroatoms. The molecule has 1 N–H and O–H groups in total. The SMILES string of the molecule is Cc1c(NS(=O)(=O)c2cccc3nsnc23)cccc1-n1cnnn1. The fourth-order valence-corrected chi connectivity index (χ4v) is 4.34. The molecule has 2 heterocycles. The molecular weight excluding hydrogens is 362 g/mol. The molecule has 0 atom stereocenters. The maximum absolute atomic E-state index is 12.8. The predicted octanol–water partition coefficient (Wildman–Crippen LogP) is 1.78. The van der Waals surface area contributed by atoms with Crippen LogP contribution in [0.5, 0.6) is 0 Å². The molecule has 126 valence electrons. The Morgan fingerprint density at radius 3 is 2.76 bits per heavy atom. The van der Waals surface area contributed by atoms with Crippen LogP contribution in [-0.2, 0) is 10.0 Å². The number of rotatable bonds is 4. The van der Waals surface area contributed by atoms with Gasteiger partial charge in [-0.05, 0) is 47.2 Å². The number of hydrogen-bond acceptors (Lipinski definition) is 8. The van der Waals surface area contributed by atoms with E-state index in [9.17, 15) is 8.42 Å². The first kappa shape index (κ1) is 15.6. The molecule has 0 saturated carbocycles. The Labute approximate surface area is 146 Å². The Balaban J connectivity index is 1.77. The summed E-state index contributed by atoms with van der Waals surface area (Å²) in [6.07, 6.45) is 1.45. The lowest BCUT2D eigenvalue weighted by Gasteiger charge is -2.13. The van der Waals surface area contributed by atoms with Crippen LogP contribution in [0.1, 0.15) is 5.56 Å². The van der Waals surface area contributed by atoms with E-state index in [0.717, 1.165) is 11.7 Å². The predicted molar refractivity (Wildman–Crippen MR) is 92.1 cm³/mol. The number of benzene rings is 2. The van der Waals surface area contributed by atoms with E-state index in [1.54, 1.807) is 37.3 Å². The summed E-state index contributed by atoms with van der Waals surface area (Å²) in [6.45, 7) is 1.79. The third-order valence-corrected chi connectivity index (χ3v) is 5.62. The second-order valence-electron chi connectivity index (χ2n) is 5.20. The minimum atomic E-state index is -3.82. The van der Waals surface area contributed by atoms with Crippen LogP contribution in [0.25, 0.3) is 16.7 Å². The van der Waals surface area contributed by atoms with E-state index < -0.39 is 10.0 Å². The van der Waals surface area contributed by atoms with Crippen molar-refractivity contribution in [3.05, 3.63) is 48.3 Å². The van der Waals surface area contributed by atoms with Crippen molar-refractivity contribution in [2.75, 3.05) is 4.72 Å². The maximum atomic E-state index is 12.8. The molecule has 2 aromatic carbocycles. The van der Waals surface area contributed by atoms with Gasteiger partial charge in [-0.15, -0.1) is 5.10 Å². The lowest BCUT2D eigenvalue weighted by Crippen LogP contribution is -2.15. The number of nitrogens with one attached hydrogen (secondary N) is 1. The van der Waals surface area contributed by atoms with Crippen LogP contribution >= 0.6 is 11.7 Å². The van der Waals surface area contributed by atoms with Crippen LogP contribution in [0.3, 0.4) is 0 Å². The monoisotopic (exact) mass is 373 g/mol. The van der Waals surface area contributed by atoms with Gasteiger partial charge in [-0.1, -0.05) is 12.1 Å². The molecule has 0 spiro atoms. The van der Waals surface area contributed by atoms with Gasteiger partial charge >= 0.3 is 0 Å². The fourth-order valence-electron chi connectivity index (χ4n) is 2.45. The summed E-state index contributed by atoms with van der Waals surface area (Å²) in [6, 6.07) is 10.1. The van der Waals surface area contributed by atoms with Gasteiger partial charge in [-0.2, -0.15) is 8.75 Å². The molecule has 0 aliphatic heterocycles. The zero-order valence-electron chi connectivity index (χ0n) is 12.9. The fraction of sp³-hybridized carbons (Fsp3) is 0.0714. The highest BCUT2D eigenvalue weighted by molar-refractivity contribution is 7.93. The lowest BCUT2D eigenvalue weighted by molar-refractivity contribution is 0.602. The minimum Gasteiger partial charge on any atom is -0.279 e. The highest BCUT2D eigenvalue weighted by atomic mass is 32.2. The van der Waals surface area contributed by atoms with Crippen molar-refractivity contribution in [1.82, 2.24) is 29.0 Å². The molecule has 0 amide bonds. The zero-order valence-corrected chi connectivity index (χ0v) is 14.5. The largest absolute Gasteiger partial charge is 0.279 e. The van der Waals surface area contributed by atoms with E-state index in [1.165, 1.54) is 17.1 Å². The number of tetrazole rings is 1. The third kappa shape index (κ3) is 2.72. The van der Waals surface area contributed by atoms with Crippen molar-refractivity contribution in [3.63, 3.8) is 0 Å². The third-order valence-electron chi connectivity index (χ3n) is 3.68. The first-order valence-corrected chi connectivity index (χ1v) is 9.35. The lowest BCUT2D eigenvalue weighted by atomic mass is 10.1. The molecule has 4 aromatic rings. The number of nitrogens with zero attached hydrogens (tertiary/aromatic N) is 6. The molecule has 25 heavy (non-hydrogen) atoms. The first-order valence-electron chi connectivity index (χ1n) is 7.13. The number of anilines is 1. The second-order valence-corrected chi connectivity index (χ2v) is 7.38. The Morgan fingerprint density at radius 1 is 1.12 bits per heavy atom. The van der Waals surface area contributed by atoms with Gasteiger partial charge in [0.2, 0.25) is 0 Å². The average molecular weight is 373 g/mol. The summed E-state index contributed by atoms with van der Waals surface area (Å²) in [5.41, 5.74) is 2.72. The number of aromatic nitrogens is 6. The molecular formula is C14H11N7O2S2. The minimum absolute atomic E-state index is 0.0889. The topological polar surface area (TPSA) is 116 Å². The van der Waals surface area contributed by atoms with E-state index in [1.807, 2.05) is 0 Å². The summed E-state index contributed by atoms with van der Waals surface area (Å²) in [5, 5.41) is 11.0. The Morgan fingerprint density at radius 2 is 1.96 bits per heavy atom. The second kappa shape index (κ2) is 5.86. The molecule has 0 radical (unpaired) electrons.